The van der Waals surface area contributed by atoms with Crippen LogP contribution >= 0.6 is 11.8 Å². The van der Waals surface area contributed by atoms with Crippen LogP contribution in [0.5, 0.6) is 0 Å². The minimum absolute atomic E-state index is 0.0203. The van der Waals surface area contributed by atoms with Gasteiger partial charge in [-0.2, -0.15) is 5.10 Å². The van der Waals surface area contributed by atoms with Crippen LogP contribution in [-0.4, -0.2) is 26.1 Å². The van der Waals surface area contributed by atoms with E-state index in [4.69, 9.17) is 4.42 Å². The molecule has 8 nitrogen and oxygen atoms in total. The number of fused-ring (bicyclic) bond motifs is 1. The molecule has 1 aromatic carbocycles. The molecule has 0 atom stereocenters. The van der Waals surface area contributed by atoms with Crippen LogP contribution in [0.25, 0.3) is 11.0 Å². The minimum atomic E-state index is -0.550. The lowest BCUT2D eigenvalue weighted by Gasteiger charge is -2.07. The smallest absolute Gasteiger partial charge is 0.336 e. The third-order valence-corrected chi connectivity index (χ3v) is 4.99. The summed E-state index contributed by atoms with van der Waals surface area (Å²) >= 11 is 1.55. The molecule has 0 radical (unpaired) electrons. The van der Waals surface area contributed by atoms with Crippen LogP contribution in [-0.2, 0) is 5.75 Å². The van der Waals surface area contributed by atoms with Crippen LogP contribution in [0.2, 0.25) is 0 Å². The third kappa shape index (κ3) is 3.94. The molecule has 28 heavy (non-hydrogen) atoms. The molecule has 4 aromatic rings. The second-order valence-electron chi connectivity index (χ2n) is 6.07. The summed E-state index contributed by atoms with van der Waals surface area (Å²) in [4.78, 5) is 32.2. The fourth-order valence-corrected chi connectivity index (χ4v) is 3.56. The van der Waals surface area contributed by atoms with E-state index in [9.17, 15) is 9.59 Å². The number of nitrogens with zero attached hydrogens (tertiary/aromatic N) is 3. The summed E-state index contributed by atoms with van der Waals surface area (Å²) in [7, 11) is 0. The molecular formula is C19H15N5O3S. The molecule has 0 saturated heterocycles. The minimum Gasteiger partial charge on any atom is -0.417 e. The maximum absolute atomic E-state index is 12.3. The number of carbonyl (C=O) groups is 1. The van der Waals surface area contributed by atoms with E-state index >= 15 is 0 Å². The number of aryl methyl sites for hydroxylation is 1. The van der Waals surface area contributed by atoms with E-state index in [0.29, 0.717) is 22.7 Å². The van der Waals surface area contributed by atoms with Gasteiger partial charge in [0.25, 0.3) is 5.91 Å². The zero-order valence-corrected chi connectivity index (χ0v) is 15.6. The number of aromatic amines is 1. The number of benzene rings is 1. The Labute approximate surface area is 163 Å². The summed E-state index contributed by atoms with van der Waals surface area (Å²) in [5, 5.41) is 11.3. The maximum Gasteiger partial charge on any atom is 0.336 e. The van der Waals surface area contributed by atoms with Gasteiger partial charge in [-0.3, -0.25) is 9.89 Å². The van der Waals surface area contributed by atoms with E-state index in [1.807, 2.05) is 18.2 Å². The number of thioether (sulfide) groups is 1. The highest BCUT2D eigenvalue weighted by Crippen LogP contribution is 2.27. The van der Waals surface area contributed by atoms with Crippen molar-refractivity contribution in [1.29, 1.82) is 0 Å². The Morgan fingerprint density at radius 3 is 3.00 bits per heavy atom. The van der Waals surface area contributed by atoms with Crippen molar-refractivity contribution < 1.29 is 9.21 Å². The third-order valence-electron chi connectivity index (χ3n) is 3.91. The Balaban J connectivity index is 1.47. The molecule has 3 heterocycles. The fraction of sp³-hybridized carbons (Fsp3) is 0.105. The highest BCUT2D eigenvalue weighted by molar-refractivity contribution is 7.98. The predicted octanol–water partition coefficient (Wildman–Crippen LogP) is 3.16. The van der Waals surface area contributed by atoms with E-state index in [1.165, 1.54) is 18.5 Å². The number of H-pyrrole nitrogens is 1. The second-order valence-corrected chi connectivity index (χ2v) is 7.04. The van der Waals surface area contributed by atoms with Gasteiger partial charge < -0.3 is 9.73 Å². The summed E-state index contributed by atoms with van der Waals surface area (Å²) in [6, 6.07) is 10.3. The summed E-state index contributed by atoms with van der Waals surface area (Å²) in [6.07, 6.45) is 3.19. The molecule has 3 aromatic heterocycles. The molecule has 0 aliphatic heterocycles. The van der Waals surface area contributed by atoms with Crippen molar-refractivity contribution in [1.82, 2.24) is 20.2 Å². The largest absolute Gasteiger partial charge is 0.417 e. The van der Waals surface area contributed by atoms with E-state index in [0.717, 1.165) is 16.0 Å². The Morgan fingerprint density at radius 1 is 1.25 bits per heavy atom. The number of hydrogen-bond acceptors (Lipinski definition) is 7. The second kappa shape index (κ2) is 7.65. The first-order chi connectivity index (χ1) is 13.6. The molecule has 0 aliphatic carbocycles. The Hall–Kier alpha value is -3.46. The first-order valence-corrected chi connectivity index (χ1v) is 9.36. The fourth-order valence-electron chi connectivity index (χ4n) is 2.65. The first kappa shape index (κ1) is 17.9. The molecule has 0 unspecified atom stereocenters. The molecule has 2 N–H and O–H groups in total. The molecule has 0 saturated carbocycles. The standard InChI is InChI=1S/C19H15N5O3S/c1-11-5-15(27-16(25)6-11)18(26)23-13-4-2-3-12(7-13)9-28-19-14-8-22-24-17(14)20-10-21-19/h2-8,10H,9H2,1H3,(H,23,26)(H,20,21,22,24). The van der Waals surface area contributed by atoms with Crippen molar-refractivity contribution in [2.45, 2.75) is 17.7 Å². The number of amides is 1. The van der Waals surface area contributed by atoms with Gasteiger partial charge in [-0.15, -0.1) is 11.8 Å². The summed E-state index contributed by atoms with van der Waals surface area (Å²) < 4.78 is 4.97. The quantitative estimate of drug-likeness (QED) is 0.395. The molecular weight excluding hydrogens is 378 g/mol. The number of anilines is 1. The molecule has 4 rings (SSSR count). The van der Waals surface area contributed by atoms with Crippen molar-refractivity contribution in [3.63, 3.8) is 0 Å². The van der Waals surface area contributed by atoms with Gasteiger partial charge in [-0.25, -0.2) is 14.8 Å². The number of hydrogen-bond donors (Lipinski definition) is 2. The Bertz CT molecular complexity index is 1220. The van der Waals surface area contributed by atoms with E-state index < -0.39 is 11.5 Å². The molecule has 0 bridgehead atoms. The van der Waals surface area contributed by atoms with Gasteiger partial charge in [0.1, 0.15) is 11.4 Å². The number of carbonyl (C=O) groups excluding carboxylic acids is 1. The number of rotatable bonds is 5. The normalized spacial score (nSPS) is 10.9. The van der Waals surface area contributed by atoms with Crippen LogP contribution in [0.15, 0.2) is 63.2 Å². The lowest BCUT2D eigenvalue weighted by molar-refractivity contribution is 0.0992. The Kier molecular flexibility index (Phi) is 4.90. The van der Waals surface area contributed by atoms with Crippen LogP contribution in [0.3, 0.4) is 0 Å². The summed E-state index contributed by atoms with van der Waals surface area (Å²) in [5.41, 5.74) is 2.43. The predicted molar refractivity (Wildman–Crippen MR) is 105 cm³/mol. The summed E-state index contributed by atoms with van der Waals surface area (Å²) in [6.45, 7) is 1.73. The molecule has 9 heteroatoms. The Morgan fingerprint density at radius 2 is 2.14 bits per heavy atom. The number of aromatic nitrogens is 4. The van der Waals surface area contributed by atoms with Crippen molar-refractivity contribution in [3.05, 3.63) is 76.2 Å². The van der Waals surface area contributed by atoms with Crippen molar-refractivity contribution in [3.8, 4) is 0 Å². The van der Waals surface area contributed by atoms with Crippen LogP contribution < -0.4 is 10.9 Å². The van der Waals surface area contributed by atoms with Gasteiger partial charge in [-0.05, 0) is 36.2 Å². The van der Waals surface area contributed by atoms with E-state index in [-0.39, 0.29) is 5.76 Å². The average Bonchev–Trinajstić information content (AvgIpc) is 3.15. The maximum atomic E-state index is 12.3. The van der Waals surface area contributed by atoms with Gasteiger partial charge in [-0.1, -0.05) is 12.1 Å². The first-order valence-electron chi connectivity index (χ1n) is 8.37. The van der Waals surface area contributed by atoms with Gasteiger partial charge in [0.2, 0.25) is 0 Å². The number of nitrogens with one attached hydrogen (secondary N) is 2. The molecule has 0 fully saturated rings. The van der Waals surface area contributed by atoms with Crippen LogP contribution in [0, 0.1) is 6.92 Å². The molecule has 0 spiro atoms. The highest BCUT2D eigenvalue weighted by atomic mass is 32.2. The van der Waals surface area contributed by atoms with Crippen molar-refractivity contribution in [2.24, 2.45) is 0 Å². The average molecular weight is 393 g/mol. The monoisotopic (exact) mass is 393 g/mol. The zero-order chi connectivity index (χ0) is 19.5. The molecule has 1 amide bonds. The lowest BCUT2D eigenvalue weighted by atomic mass is 10.2. The van der Waals surface area contributed by atoms with E-state index in [1.54, 1.807) is 30.9 Å². The topological polar surface area (TPSA) is 114 Å². The lowest BCUT2D eigenvalue weighted by Crippen LogP contribution is -2.15. The van der Waals surface area contributed by atoms with Gasteiger partial charge >= 0.3 is 5.63 Å². The van der Waals surface area contributed by atoms with Crippen LogP contribution in [0.4, 0.5) is 5.69 Å². The van der Waals surface area contributed by atoms with Gasteiger partial charge in [0.15, 0.2) is 11.4 Å². The van der Waals surface area contributed by atoms with Crippen LogP contribution in [0.1, 0.15) is 21.7 Å². The zero-order valence-electron chi connectivity index (χ0n) is 14.8. The summed E-state index contributed by atoms with van der Waals surface area (Å²) in [5.74, 6) is 0.162. The molecule has 0 aliphatic rings. The van der Waals surface area contributed by atoms with E-state index in [2.05, 4.69) is 25.5 Å². The van der Waals surface area contributed by atoms with Crippen molar-refractivity contribution in [2.75, 3.05) is 5.32 Å². The highest BCUT2D eigenvalue weighted by Gasteiger charge is 2.11. The molecule has 140 valence electrons. The van der Waals surface area contributed by atoms with Crippen molar-refractivity contribution >= 4 is 34.4 Å². The van der Waals surface area contributed by atoms with Gasteiger partial charge in [0, 0.05) is 17.5 Å². The SMILES string of the molecule is Cc1cc(C(=O)Nc2cccc(CSc3ncnc4[nH]ncc34)c2)oc(=O)c1. The van der Waals surface area contributed by atoms with Gasteiger partial charge in [0.05, 0.1) is 11.6 Å².